The summed E-state index contributed by atoms with van der Waals surface area (Å²) in [6.45, 7) is 4.26. The highest BCUT2D eigenvalue weighted by atomic mass is 35.5. The van der Waals surface area contributed by atoms with Crippen molar-refractivity contribution in [2.45, 2.75) is 32.9 Å². The second-order valence-electron chi connectivity index (χ2n) is 4.82. The maximum atomic E-state index is 12.0. The highest BCUT2D eigenvalue weighted by Crippen LogP contribution is 2.23. The van der Waals surface area contributed by atoms with E-state index in [-0.39, 0.29) is 17.2 Å². The normalized spacial score (nSPS) is 12.1. The maximum absolute atomic E-state index is 12.0. The lowest BCUT2D eigenvalue weighted by Gasteiger charge is -2.09. The lowest BCUT2D eigenvalue weighted by molar-refractivity contribution is 0.0468. The second kappa shape index (κ2) is 6.63. The minimum absolute atomic E-state index is 0.0902. The molecule has 0 aliphatic heterocycles. The Hall–Kier alpha value is -2.01. The van der Waals surface area contributed by atoms with Gasteiger partial charge in [0, 0.05) is 17.9 Å². The Morgan fingerprint density at radius 2 is 2.24 bits per heavy atom. The highest BCUT2D eigenvalue weighted by Gasteiger charge is 2.16. The summed E-state index contributed by atoms with van der Waals surface area (Å²) in [5.74, 6) is -0.545. The molecular weight excluding hydrogens is 290 g/mol. The Morgan fingerprint density at radius 3 is 2.90 bits per heavy atom. The molecule has 1 aromatic carbocycles. The van der Waals surface area contributed by atoms with Crippen LogP contribution in [0.2, 0.25) is 5.02 Å². The molecule has 2 rings (SSSR count). The molecule has 1 unspecified atom stereocenters. The van der Waals surface area contributed by atoms with Crippen LogP contribution < -0.4 is 5.73 Å². The third-order valence-corrected chi connectivity index (χ3v) is 3.62. The van der Waals surface area contributed by atoms with E-state index in [0.29, 0.717) is 17.4 Å². The fourth-order valence-corrected chi connectivity index (χ4v) is 2.11. The standard InChI is InChI=1S/C15H18ClN3O2/c1-3-10(2)19-8-7-11(18-19)9-21-15(20)14-12(16)5-4-6-13(14)17/h4-8,10H,3,9,17H2,1-2H3. The van der Waals surface area contributed by atoms with Gasteiger partial charge in [0.2, 0.25) is 0 Å². The number of anilines is 1. The molecule has 6 heteroatoms. The third kappa shape index (κ3) is 3.55. The van der Waals surface area contributed by atoms with Crippen LogP contribution in [0.5, 0.6) is 0 Å². The van der Waals surface area contributed by atoms with Crippen molar-refractivity contribution < 1.29 is 9.53 Å². The summed E-state index contributed by atoms with van der Waals surface area (Å²) < 4.78 is 7.08. The summed E-state index contributed by atoms with van der Waals surface area (Å²) in [6, 6.07) is 7.04. The van der Waals surface area contributed by atoms with Crippen molar-refractivity contribution in [3.8, 4) is 0 Å². The zero-order valence-corrected chi connectivity index (χ0v) is 12.8. The van der Waals surface area contributed by atoms with Gasteiger partial charge in [-0.15, -0.1) is 0 Å². The van der Waals surface area contributed by atoms with Gasteiger partial charge >= 0.3 is 5.97 Å². The van der Waals surface area contributed by atoms with Crippen LogP contribution >= 0.6 is 11.6 Å². The minimum Gasteiger partial charge on any atom is -0.455 e. The van der Waals surface area contributed by atoms with Gasteiger partial charge in [-0.2, -0.15) is 5.10 Å². The number of benzene rings is 1. The van der Waals surface area contributed by atoms with Gasteiger partial charge in [0.1, 0.15) is 12.2 Å². The zero-order chi connectivity index (χ0) is 15.4. The maximum Gasteiger partial charge on any atom is 0.342 e. The van der Waals surface area contributed by atoms with Gasteiger partial charge in [0.25, 0.3) is 0 Å². The van der Waals surface area contributed by atoms with Gasteiger partial charge in [-0.25, -0.2) is 4.79 Å². The van der Waals surface area contributed by atoms with Crippen molar-refractivity contribution in [2.24, 2.45) is 0 Å². The Labute approximate surface area is 128 Å². The number of carbonyl (C=O) groups is 1. The molecule has 1 atom stereocenters. The first-order chi connectivity index (χ1) is 10.0. The number of rotatable bonds is 5. The van der Waals surface area contributed by atoms with E-state index >= 15 is 0 Å². The molecule has 2 N–H and O–H groups in total. The number of hydrogen-bond donors (Lipinski definition) is 1. The average Bonchev–Trinajstić information content (AvgIpc) is 2.93. The van der Waals surface area contributed by atoms with E-state index in [9.17, 15) is 4.79 Å². The van der Waals surface area contributed by atoms with Gasteiger partial charge in [0.05, 0.1) is 10.7 Å². The number of halogens is 1. The van der Waals surface area contributed by atoms with E-state index in [4.69, 9.17) is 22.1 Å². The van der Waals surface area contributed by atoms with Crippen LogP contribution in [0.15, 0.2) is 30.5 Å². The molecule has 0 amide bonds. The van der Waals surface area contributed by atoms with E-state index < -0.39 is 5.97 Å². The molecule has 0 fully saturated rings. The molecule has 1 heterocycles. The van der Waals surface area contributed by atoms with E-state index in [0.717, 1.165) is 6.42 Å². The van der Waals surface area contributed by atoms with Gasteiger partial charge in [-0.05, 0) is 31.5 Å². The van der Waals surface area contributed by atoms with Crippen molar-refractivity contribution in [3.05, 3.63) is 46.7 Å². The van der Waals surface area contributed by atoms with Crippen LogP contribution in [0, 0.1) is 0 Å². The first-order valence-corrected chi connectivity index (χ1v) is 7.15. The number of nitrogen functional groups attached to an aromatic ring is 1. The minimum atomic E-state index is -0.545. The Morgan fingerprint density at radius 1 is 1.48 bits per heavy atom. The monoisotopic (exact) mass is 307 g/mol. The lowest BCUT2D eigenvalue weighted by Crippen LogP contribution is -2.10. The number of nitrogens with two attached hydrogens (primary N) is 1. The molecule has 0 radical (unpaired) electrons. The number of ether oxygens (including phenoxy) is 1. The zero-order valence-electron chi connectivity index (χ0n) is 12.0. The van der Waals surface area contributed by atoms with Crippen molar-refractivity contribution in [3.63, 3.8) is 0 Å². The summed E-state index contributed by atoms with van der Waals surface area (Å²) in [7, 11) is 0. The molecule has 5 nitrogen and oxygen atoms in total. The largest absolute Gasteiger partial charge is 0.455 e. The predicted octanol–water partition coefficient (Wildman–Crippen LogP) is 3.45. The summed E-state index contributed by atoms with van der Waals surface area (Å²) in [6.07, 6.45) is 2.86. The number of carbonyl (C=O) groups excluding carboxylic acids is 1. The predicted molar refractivity (Wildman–Crippen MR) is 82.2 cm³/mol. The van der Waals surface area contributed by atoms with E-state index in [1.807, 2.05) is 16.9 Å². The topological polar surface area (TPSA) is 70.1 Å². The number of nitrogens with zero attached hydrogens (tertiary/aromatic N) is 2. The van der Waals surface area contributed by atoms with Gasteiger partial charge in [0.15, 0.2) is 0 Å². The molecule has 1 aromatic heterocycles. The summed E-state index contributed by atoms with van der Waals surface area (Å²) >= 11 is 5.97. The Balaban J connectivity index is 2.03. The van der Waals surface area contributed by atoms with Crippen LogP contribution in [0.3, 0.4) is 0 Å². The highest BCUT2D eigenvalue weighted by molar-refractivity contribution is 6.34. The molecule has 0 aliphatic rings. The second-order valence-corrected chi connectivity index (χ2v) is 5.23. The van der Waals surface area contributed by atoms with E-state index in [1.54, 1.807) is 18.2 Å². The summed E-state index contributed by atoms with van der Waals surface area (Å²) in [4.78, 5) is 12.0. The average molecular weight is 308 g/mol. The number of hydrogen-bond acceptors (Lipinski definition) is 4. The number of esters is 1. The first kappa shape index (κ1) is 15.4. The van der Waals surface area contributed by atoms with Crippen LogP contribution in [0.25, 0.3) is 0 Å². The van der Waals surface area contributed by atoms with E-state index in [2.05, 4.69) is 18.9 Å². The fraction of sp³-hybridized carbons (Fsp3) is 0.333. The summed E-state index contributed by atoms with van der Waals surface area (Å²) in [5.41, 5.74) is 6.94. The third-order valence-electron chi connectivity index (χ3n) is 3.31. The summed E-state index contributed by atoms with van der Waals surface area (Å²) in [5, 5.41) is 4.65. The fourth-order valence-electron chi connectivity index (χ4n) is 1.85. The Bertz CT molecular complexity index is 619. The number of aromatic nitrogens is 2. The molecule has 0 aliphatic carbocycles. The molecule has 0 saturated carbocycles. The molecule has 0 bridgehead atoms. The molecule has 21 heavy (non-hydrogen) atoms. The van der Waals surface area contributed by atoms with Gasteiger partial charge < -0.3 is 10.5 Å². The molecule has 0 spiro atoms. The lowest BCUT2D eigenvalue weighted by atomic mass is 10.2. The quantitative estimate of drug-likeness (QED) is 0.678. The van der Waals surface area contributed by atoms with E-state index in [1.165, 1.54) is 0 Å². The van der Waals surface area contributed by atoms with Crippen LogP contribution in [-0.4, -0.2) is 15.7 Å². The van der Waals surface area contributed by atoms with Gasteiger partial charge in [-0.3, -0.25) is 4.68 Å². The molecule has 0 saturated heterocycles. The molecular formula is C15H18ClN3O2. The van der Waals surface area contributed by atoms with Crippen molar-refractivity contribution in [1.29, 1.82) is 0 Å². The molecule has 112 valence electrons. The van der Waals surface area contributed by atoms with Gasteiger partial charge in [-0.1, -0.05) is 24.6 Å². The van der Waals surface area contributed by atoms with Crippen molar-refractivity contribution >= 4 is 23.3 Å². The SMILES string of the molecule is CCC(C)n1ccc(COC(=O)c2c(N)cccc2Cl)n1. The van der Waals surface area contributed by atoms with Crippen LogP contribution in [-0.2, 0) is 11.3 Å². The molecule has 2 aromatic rings. The van der Waals surface area contributed by atoms with Crippen molar-refractivity contribution in [2.75, 3.05) is 5.73 Å². The van der Waals surface area contributed by atoms with Crippen LogP contribution in [0.1, 0.15) is 42.4 Å². The Kier molecular flexibility index (Phi) is 4.85. The van der Waals surface area contributed by atoms with Crippen molar-refractivity contribution in [1.82, 2.24) is 9.78 Å². The van der Waals surface area contributed by atoms with Crippen LogP contribution in [0.4, 0.5) is 5.69 Å². The first-order valence-electron chi connectivity index (χ1n) is 6.78. The smallest absolute Gasteiger partial charge is 0.342 e.